The molecule has 1 aromatic carbocycles. The van der Waals surface area contributed by atoms with Gasteiger partial charge in [-0.05, 0) is 70.5 Å². The average Bonchev–Trinajstić information content (AvgIpc) is 3.00. The zero-order valence-corrected chi connectivity index (χ0v) is 16.9. The maximum Gasteiger partial charge on any atom is 0.253 e. The molecule has 0 aliphatic heterocycles. The van der Waals surface area contributed by atoms with Crippen molar-refractivity contribution < 1.29 is 9.53 Å². The highest BCUT2D eigenvalue weighted by Gasteiger charge is 2.13. The van der Waals surface area contributed by atoms with E-state index in [9.17, 15) is 4.79 Å². The van der Waals surface area contributed by atoms with Gasteiger partial charge in [-0.15, -0.1) is 0 Å². The lowest BCUT2D eigenvalue weighted by atomic mass is 10.1. The number of amides is 1. The van der Waals surface area contributed by atoms with E-state index in [-0.39, 0.29) is 18.1 Å². The van der Waals surface area contributed by atoms with Gasteiger partial charge in [0.2, 0.25) is 0 Å². The number of hydrogen-bond donors (Lipinski definition) is 1. The van der Waals surface area contributed by atoms with Crippen LogP contribution in [-0.4, -0.2) is 26.8 Å². The van der Waals surface area contributed by atoms with Crippen molar-refractivity contribution in [3.63, 3.8) is 0 Å². The zero-order chi connectivity index (χ0) is 20.3. The number of benzene rings is 1. The van der Waals surface area contributed by atoms with Crippen LogP contribution < -0.4 is 10.1 Å². The molecule has 1 atom stereocenters. The molecule has 1 N–H and O–H groups in total. The quantitative estimate of drug-likeness (QED) is 0.699. The molecule has 0 saturated carbocycles. The molecule has 3 rings (SSSR count). The lowest BCUT2D eigenvalue weighted by Crippen LogP contribution is -2.26. The third-order valence-electron chi connectivity index (χ3n) is 4.34. The Morgan fingerprint density at radius 2 is 1.79 bits per heavy atom. The summed E-state index contributed by atoms with van der Waals surface area (Å²) in [5.41, 5.74) is 3.45. The Bertz CT molecular complexity index is 944. The van der Waals surface area contributed by atoms with Crippen LogP contribution >= 0.6 is 0 Å². The number of carbonyl (C=O) groups is 1. The summed E-state index contributed by atoms with van der Waals surface area (Å²) >= 11 is 0. The van der Waals surface area contributed by atoms with Gasteiger partial charge in [-0.1, -0.05) is 12.1 Å². The van der Waals surface area contributed by atoms with Crippen LogP contribution in [-0.2, 0) is 0 Å². The number of carbonyl (C=O) groups excluding carboxylic acids is 1. The molecule has 0 aliphatic rings. The van der Waals surface area contributed by atoms with E-state index in [1.165, 1.54) is 0 Å². The van der Waals surface area contributed by atoms with E-state index in [2.05, 4.69) is 15.4 Å². The zero-order valence-electron chi connectivity index (χ0n) is 16.9. The second kappa shape index (κ2) is 8.25. The Kier molecular flexibility index (Phi) is 5.78. The van der Waals surface area contributed by atoms with Crippen molar-refractivity contribution in [2.24, 2.45) is 0 Å². The minimum absolute atomic E-state index is 0.128. The van der Waals surface area contributed by atoms with Crippen molar-refractivity contribution >= 4 is 5.91 Å². The van der Waals surface area contributed by atoms with Crippen LogP contribution in [0.5, 0.6) is 5.75 Å². The number of rotatable bonds is 6. The van der Waals surface area contributed by atoms with Gasteiger partial charge in [-0.2, -0.15) is 5.10 Å². The fourth-order valence-corrected chi connectivity index (χ4v) is 2.98. The first-order valence-electron chi connectivity index (χ1n) is 9.40. The summed E-state index contributed by atoms with van der Waals surface area (Å²) in [7, 11) is 0. The van der Waals surface area contributed by atoms with Crippen molar-refractivity contribution in [1.29, 1.82) is 0 Å². The van der Waals surface area contributed by atoms with Crippen molar-refractivity contribution in [1.82, 2.24) is 20.1 Å². The Labute approximate surface area is 165 Å². The second-order valence-corrected chi connectivity index (χ2v) is 7.17. The third kappa shape index (κ3) is 4.57. The van der Waals surface area contributed by atoms with E-state index >= 15 is 0 Å². The molecule has 0 aliphatic carbocycles. The summed E-state index contributed by atoms with van der Waals surface area (Å²) in [4.78, 5) is 16.9. The van der Waals surface area contributed by atoms with Crippen LogP contribution in [0.1, 0.15) is 54.1 Å². The number of aromatic nitrogens is 3. The van der Waals surface area contributed by atoms with Gasteiger partial charge in [0.15, 0.2) is 5.82 Å². The monoisotopic (exact) mass is 378 g/mol. The first-order chi connectivity index (χ1) is 13.3. The molecule has 3 aromatic rings. The molecule has 146 valence electrons. The topological polar surface area (TPSA) is 69.0 Å². The third-order valence-corrected chi connectivity index (χ3v) is 4.34. The van der Waals surface area contributed by atoms with Crippen LogP contribution in [0.4, 0.5) is 0 Å². The molecule has 0 saturated heterocycles. The van der Waals surface area contributed by atoms with Crippen molar-refractivity contribution in [3.05, 3.63) is 71.2 Å². The fraction of sp³-hybridized carbons (Fsp3) is 0.318. The van der Waals surface area contributed by atoms with Gasteiger partial charge < -0.3 is 10.1 Å². The molecule has 6 nitrogen and oxygen atoms in total. The minimum atomic E-state index is -0.164. The molecule has 0 bridgehead atoms. The largest absolute Gasteiger partial charge is 0.491 e. The summed E-state index contributed by atoms with van der Waals surface area (Å²) < 4.78 is 7.42. The number of hydrogen-bond acceptors (Lipinski definition) is 4. The van der Waals surface area contributed by atoms with E-state index in [1.807, 2.05) is 65.0 Å². The molecule has 0 radical (unpaired) electrons. The summed E-state index contributed by atoms with van der Waals surface area (Å²) in [6.07, 6.45) is 1.71. The predicted molar refractivity (Wildman–Crippen MR) is 109 cm³/mol. The van der Waals surface area contributed by atoms with Crippen molar-refractivity contribution in [3.8, 4) is 11.6 Å². The lowest BCUT2D eigenvalue weighted by Gasteiger charge is -2.16. The highest BCUT2D eigenvalue weighted by atomic mass is 16.5. The van der Waals surface area contributed by atoms with Crippen molar-refractivity contribution in [2.75, 3.05) is 0 Å². The molecular formula is C22H26N4O2. The Morgan fingerprint density at radius 3 is 2.32 bits per heavy atom. The van der Waals surface area contributed by atoms with E-state index < -0.39 is 0 Å². The highest BCUT2D eigenvalue weighted by Crippen LogP contribution is 2.19. The van der Waals surface area contributed by atoms with E-state index in [0.29, 0.717) is 11.4 Å². The first-order valence-corrected chi connectivity index (χ1v) is 9.40. The van der Waals surface area contributed by atoms with Crippen LogP contribution in [0, 0.1) is 13.8 Å². The second-order valence-electron chi connectivity index (χ2n) is 7.17. The van der Waals surface area contributed by atoms with Gasteiger partial charge in [0.05, 0.1) is 23.4 Å². The standard InChI is InChI=1S/C22H26N4O2/c1-14(2)28-20-9-6-18(7-10-20)17(5)24-22(27)19-8-11-21(23-13-19)26-16(4)12-15(3)25-26/h6-14,17H,1-5H3,(H,24,27). The van der Waals surface area contributed by atoms with E-state index in [4.69, 9.17) is 4.74 Å². The Balaban J connectivity index is 1.66. The maximum atomic E-state index is 12.6. The van der Waals surface area contributed by atoms with Gasteiger partial charge >= 0.3 is 0 Å². The van der Waals surface area contributed by atoms with Gasteiger partial charge in [0.1, 0.15) is 5.75 Å². The average molecular weight is 378 g/mol. The Hall–Kier alpha value is -3.15. The first kappa shape index (κ1) is 19.6. The molecule has 2 heterocycles. The van der Waals surface area contributed by atoms with Gasteiger partial charge in [-0.3, -0.25) is 4.79 Å². The highest BCUT2D eigenvalue weighted by molar-refractivity contribution is 5.94. The van der Waals surface area contributed by atoms with Crippen LogP contribution in [0.3, 0.4) is 0 Å². The predicted octanol–water partition coefficient (Wildman–Crippen LogP) is 4.16. The normalized spacial score (nSPS) is 12.1. The Morgan fingerprint density at radius 1 is 1.07 bits per heavy atom. The van der Waals surface area contributed by atoms with Gasteiger partial charge in [-0.25, -0.2) is 9.67 Å². The minimum Gasteiger partial charge on any atom is -0.491 e. The molecule has 6 heteroatoms. The molecule has 0 fully saturated rings. The number of aryl methyl sites for hydroxylation is 2. The summed E-state index contributed by atoms with van der Waals surface area (Å²) in [5.74, 6) is 1.35. The molecular weight excluding hydrogens is 352 g/mol. The van der Waals surface area contributed by atoms with Gasteiger partial charge in [0.25, 0.3) is 5.91 Å². The summed E-state index contributed by atoms with van der Waals surface area (Å²) in [6.45, 7) is 9.85. The maximum absolute atomic E-state index is 12.6. The van der Waals surface area contributed by atoms with Crippen LogP contribution in [0.25, 0.3) is 5.82 Å². The SMILES string of the molecule is Cc1cc(C)n(-c2ccc(C(=O)NC(C)c3ccc(OC(C)C)cc3)cn2)n1. The van der Waals surface area contributed by atoms with Crippen LogP contribution in [0.15, 0.2) is 48.7 Å². The number of pyridine rings is 1. The molecule has 1 unspecified atom stereocenters. The van der Waals surface area contributed by atoms with E-state index in [0.717, 1.165) is 22.7 Å². The van der Waals surface area contributed by atoms with Gasteiger partial charge in [0, 0.05) is 11.9 Å². The molecule has 2 aromatic heterocycles. The summed E-state index contributed by atoms with van der Waals surface area (Å²) in [5, 5.41) is 7.42. The fourth-order valence-electron chi connectivity index (χ4n) is 2.98. The molecule has 0 spiro atoms. The smallest absolute Gasteiger partial charge is 0.253 e. The van der Waals surface area contributed by atoms with E-state index in [1.54, 1.807) is 23.0 Å². The summed E-state index contributed by atoms with van der Waals surface area (Å²) in [6, 6.07) is 13.2. The lowest BCUT2D eigenvalue weighted by molar-refractivity contribution is 0.0939. The number of ether oxygens (including phenoxy) is 1. The molecule has 1 amide bonds. The number of nitrogens with zero attached hydrogens (tertiary/aromatic N) is 3. The number of nitrogens with one attached hydrogen (secondary N) is 1. The van der Waals surface area contributed by atoms with Crippen molar-refractivity contribution in [2.45, 2.75) is 46.8 Å². The molecule has 28 heavy (non-hydrogen) atoms. The van der Waals surface area contributed by atoms with Crippen LogP contribution in [0.2, 0.25) is 0 Å².